The molecule has 2 aromatic rings. The first-order chi connectivity index (χ1) is 11.0. The van der Waals surface area contributed by atoms with E-state index in [4.69, 9.17) is 27.9 Å². The molecule has 0 fully saturated rings. The number of nitrogens with one attached hydrogen (secondary N) is 1. The summed E-state index contributed by atoms with van der Waals surface area (Å²) in [5.74, 6) is 0.812. The first-order valence-corrected chi connectivity index (χ1v) is 8.20. The van der Waals surface area contributed by atoms with E-state index in [1.807, 2.05) is 43.3 Å². The minimum atomic E-state index is 0.0105. The smallest absolute Gasteiger partial charge is 0.220 e. The summed E-state index contributed by atoms with van der Waals surface area (Å²) in [5.41, 5.74) is 2.01. The van der Waals surface area contributed by atoms with Gasteiger partial charge in [0, 0.05) is 23.0 Å². The van der Waals surface area contributed by atoms with Crippen molar-refractivity contribution < 1.29 is 9.53 Å². The Morgan fingerprint density at radius 1 is 1.09 bits per heavy atom. The Bertz CT molecular complexity index is 657. The number of rotatable bonds is 7. The SMILES string of the molecule is Cc1cc(Cl)ccc1OCCCC(=O)NCc1ccc(Cl)cc1. The average Bonchev–Trinajstić information content (AvgIpc) is 2.52. The Kier molecular flexibility index (Phi) is 6.75. The monoisotopic (exact) mass is 351 g/mol. The first kappa shape index (κ1) is 17.6. The Balaban J connectivity index is 1.65. The molecule has 3 nitrogen and oxygen atoms in total. The van der Waals surface area contributed by atoms with Crippen LogP contribution < -0.4 is 10.1 Å². The van der Waals surface area contributed by atoms with Gasteiger partial charge in [0.25, 0.3) is 0 Å². The van der Waals surface area contributed by atoms with E-state index in [1.165, 1.54) is 0 Å². The Hall–Kier alpha value is -1.71. The number of carbonyl (C=O) groups is 1. The molecule has 0 aliphatic rings. The van der Waals surface area contributed by atoms with Gasteiger partial charge < -0.3 is 10.1 Å². The molecular formula is C18H19Cl2NO2. The second-order valence-electron chi connectivity index (χ2n) is 5.27. The summed E-state index contributed by atoms with van der Waals surface area (Å²) in [5, 5.41) is 4.26. The van der Waals surface area contributed by atoms with Crippen molar-refractivity contribution in [2.75, 3.05) is 6.61 Å². The van der Waals surface area contributed by atoms with Crippen LogP contribution in [0.1, 0.15) is 24.0 Å². The van der Waals surface area contributed by atoms with Gasteiger partial charge in [0.1, 0.15) is 5.75 Å². The van der Waals surface area contributed by atoms with Crippen molar-refractivity contribution in [3.63, 3.8) is 0 Å². The third kappa shape index (κ3) is 6.12. The summed E-state index contributed by atoms with van der Waals surface area (Å²) in [6, 6.07) is 12.9. The van der Waals surface area contributed by atoms with Gasteiger partial charge in [-0.05, 0) is 54.8 Å². The zero-order valence-corrected chi connectivity index (χ0v) is 14.5. The van der Waals surface area contributed by atoms with Crippen molar-refractivity contribution in [2.24, 2.45) is 0 Å². The van der Waals surface area contributed by atoms with Crippen LogP contribution in [0.5, 0.6) is 5.75 Å². The van der Waals surface area contributed by atoms with Crippen LogP contribution in [0.4, 0.5) is 0 Å². The fraction of sp³-hybridized carbons (Fsp3) is 0.278. The van der Waals surface area contributed by atoms with Gasteiger partial charge in [-0.3, -0.25) is 4.79 Å². The van der Waals surface area contributed by atoms with Crippen molar-refractivity contribution in [1.82, 2.24) is 5.32 Å². The van der Waals surface area contributed by atoms with E-state index in [1.54, 1.807) is 6.07 Å². The van der Waals surface area contributed by atoms with E-state index in [-0.39, 0.29) is 5.91 Å². The highest BCUT2D eigenvalue weighted by molar-refractivity contribution is 6.30. The number of halogens is 2. The van der Waals surface area contributed by atoms with Gasteiger partial charge in [0.2, 0.25) is 5.91 Å². The molecule has 0 aliphatic carbocycles. The van der Waals surface area contributed by atoms with Crippen LogP contribution in [0.15, 0.2) is 42.5 Å². The molecule has 0 aromatic heterocycles. The van der Waals surface area contributed by atoms with Crippen LogP contribution in [0.2, 0.25) is 10.0 Å². The quantitative estimate of drug-likeness (QED) is 0.729. The molecule has 0 spiro atoms. The van der Waals surface area contributed by atoms with Crippen LogP contribution in [0.3, 0.4) is 0 Å². The van der Waals surface area contributed by atoms with Crippen LogP contribution in [0, 0.1) is 6.92 Å². The third-order valence-corrected chi connectivity index (χ3v) is 3.83. The maximum atomic E-state index is 11.8. The van der Waals surface area contributed by atoms with Crippen LogP contribution >= 0.6 is 23.2 Å². The van der Waals surface area contributed by atoms with Gasteiger partial charge >= 0.3 is 0 Å². The minimum absolute atomic E-state index is 0.0105. The predicted octanol–water partition coefficient (Wildman–Crippen LogP) is 4.78. The number of hydrogen-bond donors (Lipinski definition) is 1. The van der Waals surface area contributed by atoms with E-state index in [0.29, 0.717) is 36.0 Å². The molecule has 122 valence electrons. The van der Waals surface area contributed by atoms with E-state index in [2.05, 4.69) is 5.32 Å². The Morgan fingerprint density at radius 3 is 2.48 bits per heavy atom. The molecule has 0 heterocycles. The van der Waals surface area contributed by atoms with Gasteiger partial charge in [-0.1, -0.05) is 35.3 Å². The molecule has 0 aliphatic heterocycles. The van der Waals surface area contributed by atoms with E-state index >= 15 is 0 Å². The largest absolute Gasteiger partial charge is 0.493 e. The van der Waals surface area contributed by atoms with Gasteiger partial charge in [0.15, 0.2) is 0 Å². The normalized spacial score (nSPS) is 10.4. The van der Waals surface area contributed by atoms with Gasteiger partial charge in [-0.25, -0.2) is 0 Å². The summed E-state index contributed by atoms with van der Waals surface area (Å²) in [4.78, 5) is 11.8. The molecule has 2 aromatic carbocycles. The van der Waals surface area contributed by atoms with Gasteiger partial charge in [-0.2, -0.15) is 0 Å². The van der Waals surface area contributed by atoms with E-state index in [9.17, 15) is 4.79 Å². The first-order valence-electron chi connectivity index (χ1n) is 7.44. The number of amides is 1. The van der Waals surface area contributed by atoms with Crippen LogP contribution in [-0.4, -0.2) is 12.5 Å². The average molecular weight is 352 g/mol. The zero-order chi connectivity index (χ0) is 16.7. The standard InChI is InChI=1S/C18H19Cl2NO2/c1-13-11-16(20)8-9-17(13)23-10-2-3-18(22)21-12-14-4-6-15(19)7-5-14/h4-9,11H,2-3,10,12H2,1H3,(H,21,22). The van der Waals surface area contributed by atoms with E-state index < -0.39 is 0 Å². The lowest BCUT2D eigenvalue weighted by atomic mass is 10.2. The highest BCUT2D eigenvalue weighted by Gasteiger charge is 2.04. The predicted molar refractivity (Wildman–Crippen MR) is 94.2 cm³/mol. The Labute approximate surface area is 146 Å². The highest BCUT2D eigenvalue weighted by Crippen LogP contribution is 2.21. The maximum Gasteiger partial charge on any atom is 0.220 e. The molecule has 1 N–H and O–H groups in total. The summed E-state index contributed by atoms with van der Waals surface area (Å²) < 4.78 is 5.66. The van der Waals surface area contributed by atoms with Gasteiger partial charge in [-0.15, -0.1) is 0 Å². The molecule has 5 heteroatoms. The highest BCUT2D eigenvalue weighted by atomic mass is 35.5. The molecule has 0 radical (unpaired) electrons. The molecule has 0 bridgehead atoms. The van der Waals surface area contributed by atoms with Crippen molar-refractivity contribution in [3.05, 3.63) is 63.6 Å². The molecular weight excluding hydrogens is 333 g/mol. The fourth-order valence-electron chi connectivity index (χ4n) is 2.08. The second-order valence-corrected chi connectivity index (χ2v) is 6.14. The summed E-state index contributed by atoms with van der Waals surface area (Å²) in [6.07, 6.45) is 1.09. The fourth-order valence-corrected chi connectivity index (χ4v) is 2.43. The van der Waals surface area contributed by atoms with Crippen molar-refractivity contribution >= 4 is 29.1 Å². The van der Waals surface area contributed by atoms with Crippen molar-refractivity contribution in [1.29, 1.82) is 0 Å². The Morgan fingerprint density at radius 2 is 1.78 bits per heavy atom. The molecule has 1 amide bonds. The number of benzene rings is 2. The van der Waals surface area contributed by atoms with Gasteiger partial charge in [0.05, 0.1) is 6.61 Å². The molecule has 0 saturated heterocycles. The molecule has 23 heavy (non-hydrogen) atoms. The lowest BCUT2D eigenvalue weighted by molar-refractivity contribution is -0.121. The third-order valence-electron chi connectivity index (χ3n) is 3.35. The molecule has 0 unspecified atom stereocenters. The molecule has 2 rings (SSSR count). The number of aryl methyl sites for hydroxylation is 1. The summed E-state index contributed by atoms with van der Waals surface area (Å²) in [7, 11) is 0. The molecule has 0 atom stereocenters. The zero-order valence-electron chi connectivity index (χ0n) is 12.9. The minimum Gasteiger partial charge on any atom is -0.493 e. The van der Waals surface area contributed by atoms with Crippen molar-refractivity contribution in [2.45, 2.75) is 26.3 Å². The second kappa shape index (κ2) is 8.80. The number of carbonyl (C=O) groups excluding carboxylic acids is 1. The molecule has 0 saturated carbocycles. The van der Waals surface area contributed by atoms with E-state index in [0.717, 1.165) is 16.9 Å². The van der Waals surface area contributed by atoms with Crippen LogP contribution in [-0.2, 0) is 11.3 Å². The lowest BCUT2D eigenvalue weighted by Crippen LogP contribution is -2.22. The number of hydrogen-bond acceptors (Lipinski definition) is 2. The number of ether oxygens (including phenoxy) is 1. The van der Waals surface area contributed by atoms with Crippen molar-refractivity contribution in [3.8, 4) is 5.75 Å². The maximum absolute atomic E-state index is 11.8. The summed E-state index contributed by atoms with van der Waals surface area (Å²) in [6.45, 7) is 2.95. The summed E-state index contributed by atoms with van der Waals surface area (Å²) >= 11 is 11.7. The topological polar surface area (TPSA) is 38.3 Å². The lowest BCUT2D eigenvalue weighted by Gasteiger charge is -2.09. The van der Waals surface area contributed by atoms with Crippen LogP contribution in [0.25, 0.3) is 0 Å².